The predicted molar refractivity (Wildman–Crippen MR) is 241 cm³/mol. The first-order chi connectivity index (χ1) is 30.3. The van der Waals surface area contributed by atoms with Gasteiger partial charge in [0.2, 0.25) is 5.91 Å². The number of aromatic amines is 2. The highest BCUT2D eigenvalue weighted by molar-refractivity contribution is 7.99. The van der Waals surface area contributed by atoms with Gasteiger partial charge in [-0.2, -0.15) is 0 Å². The largest absolute Gasteiger partial charge is 0.378 e. The van der Waals surface area contributed by atoms with Crippen molar-refractivity contribution in [2.75, 3.05) is 59.2 Å². The molecule has 62 heavy (non-hydrogen) atoms. The summed E-state index contributed by atoms with van der Waals surface area (Å²) in [7, 11) is 3.91. The third-order valence-electron chi connectivity index (χ3n) is 12.0. The Morgan fingerprint density at radius 2 is 1.26 bits per heavy atom. The Morgan fingerprint density at radius 1 is 0.694 bits per heavy atom. The van der Waals surface area contributed by atoms with Crippen LogP contribution in [-0.4, -0.2) is 117 Å². The number of aromatic nitrogens is 4. The quantitative estimate of drug-likeness (QED) is 0.122. The molecule has 13 nitrogen and oxygen atoms in total. The van der Waals surface area contributed by atoms with Gasteiger partial charge in [-0.25, -0.2) is 14.8 Å². The summed E-state index contributed by atoms with van der Waals surface area (Å²) >= 11 is 1.66. The second-order valence-corrected chi connectivity index (χ2v) is 17.3. The highest BCUT2D eigenvalue weighted by atomic mass is 32.2. The van der Waals surface area contributed by atoms with Crippen LogP contribution < -0.4 is 5.32 Å². The molecule has 0 spiro atoms. The number of likely N-dealkylation sites (tertiary alicyclic amines) is 1. The van der Waals surface area contributed by atoms with Gasteiger partial charge in [-0.3, -0.25) is 14.5 Å². The second-order valence-electron chi connectivity index (χ2n) is 16.1. The van der Waals surface area contributed by atoms with Gasteiger partial charge in [0, 0.05) is 31.9 Å². The summed E-state index contributed by atoms with van der Waals surface area (Å²) in [6, 6.07) is 34.6. The molecule has 318 valence electrons. The number of nitrogens with one attached hydrogen (secondary N) is 3. The van der Waals surface area contributed by atoms with Crippen molar-refractivity contribution in [3.8, 4) is 33.6 Å². The van der Waals surface area contributed by atoms with Crippen LogP contribution in [0.25, 0.3) is 33.6 Å². The van der Waals surface area contributed by atoms with Crippen LogP contribution in [-0.2, 0) is 14.3 Å². The maximum Gasteiger partial charge on any atom is 0.318 e. The Morgan fingerprint density at radius 3 is 1.87 bits per heavy atom. The summed E-state index contributed by atoms with van der Waals surface area (Å²) in [6.45, 7) is 3.18. The number of amides is 4. The van der Waals surface area contributed by atoms with Gasteiger partial charge in [-0.1, -0.05) is 109 Å². The van der Waals surface area contributed by atoms with E-state index in [9.17, 15) is 14.4 Å². The van der Waals surface area contributed by atoms with Crippen LogP contribution >= 0.6 is 11.8 Å². The number of H-pyrrole nitrogens is 2. The van der Waals surface area contributed by atoms with Crippen LogP contribution in [0.2, 0.25) is 0 Å². The number of urea groups is 1. The number of hydrogen-bond acceptors (Lipinski definition) is 8. The Kier molecular flexibility index (Phi) is 12.2. The van der Waals surface area contributed by atoms with Crippen LogP contribution in [0, 0.1) is 0 Å². The molecule has 4 atom stereocenters. The SMILES string of the molecule is CN(C)[C@@H](C(=O)N1CCC[C@H]1c1ncc(-c2ccc(-c3ccc(-c4cnc([C@@H]5SCCN5C(=O)[C@H](NC(=O)N5CCOCC5)c5ccccc5)[nH]4)cc3)cc2)[nH]1)c1ccccc1. The molecule has 6 aromatic rings. The van der Waals surface area contributed by atoms with E-state index in [2.05, 4.69) is 63.8 Å². The summed E-state index contributed by atoms with van der Waals surface area (Å²) in [5, 5.41) is 2.70. The van der Waals surface area contributed by atoms with Crippen molar-refractivity contribution in [3.05, 3.63) is 144 Å². The maximum atomic E-state index is 14.3. The minimum atomic E-state index is -0.831. The van der Waals surface area contributed by atoms with Crippen molar-refractivity contribution in [1.29, 1.82) is 0 Å². The molecule has 9 rings (SSSR count). The highest BCUT2D eigenvalue weighted by Crippen LogP contribution is 2.40. The van der Waals surface area contributed by atoms with Crippen molar-refractivity contribution in [2.24, 2.45) is 0 Å². The fourth-order valence-corrected chi connectivity index (χ4v) is 9.91. The zero-order valence-electron chi connectivity index (χ0n) is 34.9. The molecule has 3 N–H and O–H groups in total. The standard InChI is InChI=1S/C48H51N9O4S/c1-54(2)42(37-12-7-4-8-13-37)46(59)56-23-9-14-40(56)43-49-30-38(51-43)34-19-15-32(16-20-34)33-17-21-35(22-18-33)39-31-50-44(52-39)47-57(26-29-62-47)45(58)41(36-10-5-3-6-11-36)53-48(60)55-24-27-61-28-25-55/h3-8,10-13,15-22,30-31,40-42,47H,9,14,23-29H2,1-2H3,(H,49,51)(H,50,52)(H,53,60)/t40-,41+,42+,47-/m0/s1. The molecule has 4 aromatic carbocycles. The topological polar surface area (TPSA) is 143 Å². The normalized spacial score (nSPS) is 18.9. The van der Waals surface area contributed by atoms with E-state index >= 15 is 0 Å². The van der Waals surface area contributed by atoms with Crippen LogP contribution in [0.1, 0.15) is 59.1 Å². The number of ether oxygens (including phenoxy) is 1. The fourth-order valence-electron chi connectivity index (χ4n) is 8.72. The van der Waals surface area contributed by atoms with E-state index in [4.69, 9.17) is 14.7 Å². The molecule has 14 heteroatoms. The molecule has 0 aliphatic carbocycles. The number of rotatable bonds is 11. The lowest BCUT2D eigenvalue weighted by molar-refractivity contribution is -0.137. The Bertz CT molecular complexity index is 2470. The Hall–Kier alpha value is -6.22. The number of hydrogen-bond donors (Lipinski definition) is 3. The molecule has 0 bridgehead atoms. The predicted octanol–water partition coefficient (Wildman–Crippen LogP) is 7.46. The summed E-state index contributed by atoms with van der Waals surface area (Å²) < 4.78 is 5.42. The minimum absolute atomic E-state index is 0.0942. The monoisotopic (exact) mass is 849 g/mol. The molecule has 5 heterocycles. The molecule has 3 aliphatic rings. The molecule has 2 aromatic heterocycles. The van der Waals surface area contributed by atoms with Crippen molar-refractivity contribution in [3.63, 3.8) is 0 Å². The van der Waals surface area contributed by atoms with E-state index in [0.29, 0.717) is 45.2 Å². The van der Waals surface area contributed by atoms with Crippen LogP contribution in [0.15, 0.2) is 122 Å². The number of carbonyl (C=O) groups is 3. The van der Waals surface area contributed by atoms with Crippen molar-refractivity contribution in [1.82, 2.24) is 44.9 Å². The molecule has 0 unspecified atom stereocenters. The van der Waals surface area contributed by atoms with E-state index in [-0.39, 0.29) is 35.3 Å². The zero-order valence-corrected chi connectivity index (χ0v) is 35.8. The average Bonchev–Trinajstić information content (AvgIpc) is 4.17. The van der Waals surface area contributed by atoms with Gasteiger partial charge in [-0.05, 0) is 60.3 Å². The fraction of sp³-hybridized carbons (Fsp3) is 0.312. The summed E-state index contributed by atoms with van der Waals surface area (Å²) in [5.74, 6) is 2.19. The van der Waals surface area contributed by atoms with E-state index in [0.717, 1.165) is 69.2 Å². The van der Waals surface area contributed by atoms with Crippen molar-refractivity contribution in [2.45, 2.75) is 36.3 Å². The molecular formula is C48H51N9O4S. The minimum Gasteiger partial charge on any atom is -0.378 e. The number of nitrogens with zero attached hydrogens (tertiary/aromatic N) is 6. The number of morpholine rings is 1. The molecule has 3 saturated heterocycles. The lowest BCUT2D eigenvalue weighted by atomic mass is 10.0. The molecular weight excluding hydrogens is 799 g/mol. The third kappa shape index (κ3) is 8.63. The van der Waals surface area contributed by atoms with Gasteiger partial charge in [0.05, 0.1) is 43.0 Å². The lowest BCUT2D eigenvalue weighted by Crippen LogP contribution is -2.50. The lowest BCUT2D eigenvalue weighted by Gasteiger charge is -2.31. The van der Waals surface area contributed by atoms with E-state index in [1.807, 2.05) is 102 Å². The van der Waals surface area contributed by atoms with Gasteiger partial charge in [-0.15, -0.1) is 11.8 Å². The molecule has 3 aliphatic heterocycles. The average molecular weight is 850 g/mol. The maximum absolute atomic E-state index is 14.3. The molecule has 4 amide bonds. The first-order valence-corrected chi connectivity index (χ1v) is 22.3. The van der Waals surface area contributed by atoms with Gasteiger partial charge in [0.15, 0.2) is 0 Å². The van der Waals surface area contributed by atoms with Gasteiger partial charge in [0.1, 0.15) is 29.1 Å². The first-order valence-electron chi connectivity index (χ1n) is 21.3. The molecule has 0 radical (unpaired) electrons. The Labute approximate surface area is 365 Å². The van der Waals surface area contributed by atoms with Gasteiger partial charge in [0.25, 0.3) is 5.91 Å². The van der Waals surface area contributed by atoms with Crippen molar-refractivity contribution < 1.29 is 19.1 Å². The smallest absolute Gasteiger partial charge is 0.318 e. The Balaban J connectivity index is 0.855. The first kappa shape index (κ1) is 41.1. The van der Waals surface area contributed by atoms with Crippen LogP contribution in [0.4, 0.5) is 4.79 Å². The summed E-state index contributed by atoms with van der Waals surface area (Å²) in [6.07, 6.45) is 5.49. The number of thioether (sulfide) groups is 1. The van der Waals surface area contributed by atoms with E-state index in [1.54, 1.807) is 16.7 Å². The number of likely N-dealkylation sites (N-methyl/N-ethyl adjacent to an activating group) is 1. The third-order valence-corrected chi connectivity index (χ3v) is 13.2. The number of benzene rings is 4. The molecule has 3 fully saturated rings. The summed E-state index contributed by atoms with van der Waals surface area (Å²) in [5.41, 5.74) is 7.66. The summed E-state index contributed by atoms with van der Waals surface area (Å²) in [4.78, 5) is 65.5. The van der Waals surface area contributed by atoms with Crippen LogP contribution in [0.5, 0.6) is 0 Å². The van der Waals surface area contributed by atoms with Gasteiger partial charge < -0.3 is 34.7 Å². The zero-order chi connectivity index (χ0) is 42.6. The van der Waals surface area contributed by atoms with Crippen LogP contribution in [0.3, 0.4) is 0 Å². The van der Waals surface area contributed by atoms with E-state index < -0.39 is 6.04 Å². The number of imidazole rings is 2. The molecule has 0 saturated carbocycles. The highest BCUT2D eigenvalue weighted by Gasteiger charge is 2.39. The second kappa shape index (κ2) is 18.4. The van der Waals surface area contributed by atoms with E-state index in [1.165, 1.54) is 0 Å². The van der Waals surface area contributed by atoms with Gasteiger partial charge >= 0.3 is 6.03 Å². The number of carbonyl (C=O) groups excluding carboxylic acids is 3. The van der Waals surface area contributed by atoms with Crippen molar-refractivity contribution >= 4 is 29.6 Å².